The molecule has 0 aliphatic rings. The number of carbonyl (C=O) groups excluding carboxylic acids is 1. The van der Waals surface area contributed by atoms with Crippen LogP contribution in [0.5, 0.6) is 5.75 Å². The topological polar surface area (TPSA) is 87.7 Å². The Kier molecular flexibility index (Phi) is 7.58. The highest BCUT2D eigenvalue weighted by Gasteiger charge is 2.23. The van der Waals surface area contributed by atoms with Gasteiger partial charge in [-0.1, -0.05) is 19.9 Å². The van der Waals surface area contributed by atoms with Crippen molar-refractivity contribution in [1.82, 2.24) is 4.31 Å². The smallest absolute Gasteiger partial charge is 0.243 e. The summed E-state index contributed by atoms with van der Waals surface area (Å²) in [7, 11) is -2.20. The average molecular weight is 424 g/mol. The van der Waals surface area contributed by atoms with Gasteiger partial charge in [0, 0.05) is 18.8 Å². The molecule has 0 saturated heterocycles. The van der Waals surface area contributed by atoms with Crippen LogP contribution in [-0.2, 0) is 14.8 Å². The molecule has 2 N–H and O–H groups in total. The number of benzene rings is 2. The summed E-state index contributed by atoms with van der Waals surface area (Å²) >= 11 is 0. The predicted octanol–water partition coefficient (Wildman–Crippen LogP) is 3.22. The minimum Gasteiger partial charge on any atom is -0.495 e. The molecule has 9 heteroatoms. The fourth-order valence-corrected chi connectivity index (χ4v) is 4.23. The van der Waals surface area contributed by atoms with Gasteiger partial charge in [0.15, 0.2) is 0 Å². The summed E-state index contributed by atoms with van der Waals surface area (Å²) in [5, 5.41) is 5.47. The van der Waals surface area contributed by atoms with Crippen molar-refractivity contribution in [3.63, 3.8) is 0 Å². The standard InChI is InChI=1S/C20H26FN3O4S/c1-5-24(6-2)29(26,27)16-9-10-19(28-4)18(12-16)22-13-20(25)23-15-8-7-14(3)17(21)11-15/h7-12,22H,5-6,13H2,1-4H3,(H,23,25). The molecule has 158 valence electrons. The number of anilines is 2. The Bertz CT molecular complexity index is 976. The van der Waals surface area contributed by atoms with Crippen LogP contribution in [0.3, 0.4) is 0 Å². The van der Waals surface area contributed by atoms with Gasteiger partial charge in [0.25, 0.3) is 0 Å². The Morgan fingerprint density at radius 1 is 1.14 bits per heavy atom. The number of rotatable bonds is 9. The number of nitrogens with zero attached hydrogens (tertiary/aromatic N) is 1. The first-order valence-electron chi connectivity index (χ1n) is 9.21. The molecule has 0 radical (unpaired) electrons. The minimum absolute atomic E-state index is 0.102. The number of nitrogens with one attached hydrogen (secondary N) is 2. The summed E-state index contributed by atoms with van der Waals surface area (Å²) in [4.78, 5) is 12.3. The van der Waals surface area contributed by atoms with E-state index in [1.54, 1.807) is 32.9 Å². The largest absolute Gasteiger partial charge is 0.495 e. The zero-order chi connectivity index (χ0) is 21.6. The second-order valence-electron chi connectivity index (χ2n) is 6.32. The third-order valence-corrected chi connectivity index (χ3v) is 6.46. The molecule has 0 aliphatic carbocycles. The summed E-state index contributed by atoms with van der Waals surface area (Å²) in [6.07, 6.45) is 0. The van der Waals surface area contributed by atoms with E-state index in [-0.39, 0.29) is 11.4 Å². The molecule has 2 rings (SSSR count). The summed E-state index contributed by atoms with van der Waals surface area (Å²) < 4.78 is 45.7. The maximum absolute atomic E-state index is 13.6. The molecule has 0 heterocycles. The van der Waals surface area contributed by atoms with Crippen molar-refractivity contribution in [2.75, 3.05) is 37.4 Å². The van der Waals surface area contributed by atoms with Crippen LogP contribution >= 0.6 is 0 Å². The molecule has 0 atom stereocenters. The highest BCUT2D eigenvalue weighted by atomic mass is 32.2. The van der Waals surface area contributed by atoms with E-state index in [0.717, 1.165) is 0 Å². The quantitative estimate of drug-likeness (QED) is 0.647. The number of carbonyl (C=O) groups is 1. The van der Waals surface area contributed by atoms with Crippen molar-refractivity contribution < 1.29 is 22.3 Å². The van der Waals surface area contributed by atoms with E-state index in [1.165, 1.54) is 35.7 Å². The molecule has 0 aliphatic heterocycles. The second kappa shape index (κ2) is 9.71. The van der Waals surface area contributed by atoms with Crippen molar-refractivity contribution in [2.45, 2.75) is 25.7 Å². The Labute approximate surface area is 170 Å². The molecular formula is C20H26FN3O4S. The van der Waals surface area contributed by atoms with Gasteiger partial charge in [-0.2, -0.15) is 4.31 Å². The second-order valence-corrected chi connectivity index (χ2v) is 8.26. The Hall–Kier alpha value is -2.65. The molecule has 0 unspecified atom stereocenters. The van der Waals surface area contributed by atoms with Gasteiger partial charge in [-0.05, 0) is 42.8 Å². The van der Waals surface area contributed by atoms with E-state index in [1.807, 2.05) is 0 Å². The first-order chi connectivity index (χ1) is 13.7. The van der Waals surface area contributed by atoms with Crippen LogP contribution in [0.1, 0.15) is 19.4 Å². The molecule has 2 aromatic rings. The summed E-state index contributed by atoms with van der Waals surface area (Å²) in [5.41, 5.74) is 1.19. The van der Waals surface area contributed by atoms with Gasteiger partial charge in [0.05, 0.1) is 24.2 Å². The van der Waals surface area contributed by atoms with E-state index in [2.05, 4.69) is 10.6 Å². The third kappa shape index (κ3) is 5.45. The van der Waals surface area contributed by atoms with Crippen molar-refractivity contribution in [3.8, 4) is 5.75 Å². The van der Waals surface area contributed by atoms with Crippen LogP contribution in [0.15, 0.2) is 41.3 Å². The van der Waals surface area contributed by atoms with Crippen LogP contribution in [0.4, 0.5) is 15.8 Å². The number of ether oxygens (including phenoxy) is 1. The predicted molar refractivity (Wildman–Crippen MR) is 111 cm³/mol. The Morgan fingerprint density at radius 2 is 1.83 bits per heavy atom. The lowest BCUT2D eigenvalue weighted by molar-refractivity contribution is -0.114. The van der Waals surface area contributed by atoms with Crippen LogP contribution in [-0.4, -0.2) is 45.4 Å². The van der Waals surface area contributed by atoms with Crippen LogP contribution in [0, 0.1) is 12.7 Å². The zero-order valence-corrected chi connectivity index (χ0v) is 17.8. The normalized spacial score (nSPS) is 11.4. The van der Waals surface area contributed by atoms with Gasteiger partial charge in [-0.15, -0.1) is 0 Å². The van der Waals surface area contributed by atoms with E-state index in [0.29, 0.717) is 35.8 Å². The number of aryl methyl sites for hydroxylation is 1. The molecule has 0 spiro atoms. The van der Waals surface area contributed by atoms with Crippen LogP contribution < -0.4 is 15.4 Å². The SMILES string of the molecule is CCN(CC)S(=O)(=O)c1ccc(OC)c(NCC(=O)Nc2ccc(C)c(F)c2)c1. The number of hydrogen-bond acceptors (Lipinski definition) is 5. The lowest BCUT2D eigenvalue weighted by Gasteiger charge is -2.20. The molecule has 0 bridgehead atoms. The van der Waals surface area contributed by atoms with Crippen molar-refractivity contribution in [3.05, 3.63) is 47.8 Å². The van der Waals surface area contributed by atoms with Crippen molar-refractivity contribution >= 4 is 27.3 Å². The Balaban J connectivity index is 2.16. The Morgan fingerprint density at radius 3 is 2.41 bits per heavy atom. The lowest BCUT2D eigenvalue weighted by atomic mass is 10.2. The molecule has 2 aromatic carbocycles. The average Bonchev–Trinajstić information content (AvgIpc) is 2.69. The number of hydrogen-bond donors (Lipinski definition) is 2. The summed E-state index contributed by atoms with van der Waals surface area (Å²) in [5.74, 6) is -0.420. The van der Waals surface area contributed by atoms with Gasteiger partial charge in [0.2, 0.25) is 15.9 Å². The summed E-state index contributed by atoms with van der Waals surface area (Å²) in [6.45, 7) is 5.71. The van der Waals surface area contributed by atoms with Crippen molar-refractivity contribution in [1.29, 1.82) is 0 Å². The van der Waals surface area contributed by atoms with E-state index in [9.17, 15) is 17.6 Å². The maximum atomic E-state index is 13.6. The van der Waals surface area contributed by atoms with Gasteiger partial charge < -0.3 is 15.4 Å². The van der Waals surface area contributed by atoms with E-state index in [4.69, 9.17) is 4.74 Å². The first-order valence-corrected chi connectivity index (χ1v) is 10.6. The third-order valence-electron chi connectivity index (χ3n) is 4.41. The molecule has 29 heavy (non-hydrogen) atoms. The van der Waals surface area contributed by atoms with Gasteiger partial charge in [-0.3, -0.25) is 4.79 Å². The highest BCUT2D eigenvalue weighted by Crippen LogP contribution is 2.28. The molecule has 7 nitrogen and oxygen atoms in total. The van der Waals surface area contributed by atoms with E-state index < -0.39 is 21.7 Å². The first kappa shape index (κ1) is 22.6. The van der Waals surface area contributed by atoms with E-state index >= 15 is 0 Å². The van der Waals surface area contributed by atoms with Crippen LogP contribution in [0.2, 0.25) is 0 Å². The fourth-order valence-electron chi connectivity index (χ4n) is 2.75. The van der Waals surface area contributed by atoms with Crippen molar-refractivity contribution in [2.24, 2.45) is 0 Å². The minimum atomic E-state index is -3.65. The number of sulfonamides is 1. The zero-order valence-electron chi connectivity index (χ0n) is 17.0. The van der Waals surface area contributed by atoms with Gasteiger partial charge in [-0.25, -0.2) is 12.8 Å². The molecule has 0 fully saturated rings. The van der Waals surface area contributed by atoms with Gasteiger partial charge >= 0.3 is 0 Å². The molecule has 0 aromatic heterocycles. The van der Waals surface area contributed by atoms with Crippen LogP contribution in [0.25, 0.3) is 0 Å². The number of halogens is 1. The van der Waals surface area contributed by atoms with Gasteiger partial charge in [0.1, 0.15) is 11.6 Å². The number of amides is 1. The molecular weight excluding hydrogens is 397 g/mol. The highest BCUT2D eigenvalue weighted by molar-refractivity contribution is 7.89. The maximum Gasteiger partial charge on any atom is 0.243 e. The fraction of sp³-hybridized carbons (Fsp3) is 0.350. The monoisotopic (exact) mass is 423 g/mol. The summed E-state index contributed by atoms with van der Waals surface area (Å²) in [6, 6.07) is 8.85. The lowest BCUT2D eigenvalue weighted by Crippen LogP contribution is -2.30. The number of methoxy groups -OCH3 is 1. The molecule has 0 saturated carbocycles. The molecule has 1 amide bonds.